The van der Waals surface area contributed by atoms with E-state index in [1.807, 2.05) is 6.92 Å². The SMILES string of the molecule is CC[C@@H](Nc1nc(C)nc(CC(=O)O)c1C1OCCCO1)c1cccc(C(F)(F)F)c1C. The first-order valence-electron chi connectivity index (χ1n) is 10.4. The topological polar surface area (TPSA) is 93.6 Å². The predicted octanol–water partition coefficient (Wildman–Crippen LogP) is 4.74. The number of anilines is 1. The molecule has 0 aliphatic carbocycles. The van der Waals surface area contributed by atoms with Gasteiger partial charge in [0.25, 0.3) is 0 Å². The van der Waals surface area contributed by atoms with Crippen molar-refractivity contribution >= 4 is 11.8 Å². The molecule has 1 atom stereocenters. The van der Waals surface area contributed by atoms with E-state index in [0.29, 0.717) is 48.8 Å². The van der Waals surface area contributed by atoms with Crippen molar-refractivity contribution in [3.8, 4) is 0 Å². The number of alkyl halides is 3. The van der Waals surface area contributed by atoms with E-state index in [-0.39, 0.29) is 17.7 Å². The van der Waals surface area contributed by atoms with E-state index in [0.717, 1.165) is 6.07 Å². The van der Waals surface area contributed by atoms with Gasteiger partial charge in [-0.05, 0) is 43.9 Å². The van der Waals surface area contributed by atoms with Crippen molar-refractivity contribution in [1.29, 1.82) is 0 Å². The van der Waals surface area contributed by atoms with Gasteiger partial charge in [0.2, 0.25) is 0 Å². The summed E-state index contributed by atoms with van der Waals surface area (Å²) in [6.07, 6.45) is -4.53. The van der Waals surface area contributed by atoms with Crippen LogP contribution >= 0.6 is 0 Å². The lowest BCUT2D eigenvalue weighted by molar-refractivity contribution is -0.183. The molecule has 174 valence electrons. The Labute approximate surface area is 184 Å². The highest BCUT2D eigenvalue weighted by molar-refractivity contribution is 5.71. The number of carboxylic acid groups (broad SMARTS) is 1. The van der Waals surface area contributed by atoms with E-state index in [1.165, 1.54) is 13.0 Å². The van der Waals surface area contributed by atoms with Crippen molar-refractivity contribution in [2.45, 2.75) is 58.5 Å². The zero-order valence-electron chi connectivity index (χ0n) is 18.1. The smallest absolute Gasteiger partial charge is 0.416 e. The van der Waals surface area contributed by atoms with E-state index in [2.05, 4.69) is 15.3 Å². The largest absolute Gasteiger partial charge is 0.481 e. The molecule has 1 aliphatic rings. The molecule has 0 saturated carbocycles. The second-order valence-corrected chi connectivity index (χ2v) is 7.60. The summed E-state index contributed by atoms with van der Waals surface area (Å²) in [6, 6.07) is 3.57. The number of rotatable bonds is 7. The third kappa shape index (κ3) is 5.36. The Hall–Kier alpha value is -2.72. The second kappa shape index (κ2) is 9.83. The molecule has 1 saturated heterocycles. The number of nitrogens with zero attached hydrogens (tertiary/aromatic N) is 2. The summed E-state index contributed by atoms with van der Waals surface area (Å²) in [6.45, 7) is 5.76. The van der Waals surface area contributed by atoms with Gasteiger partial charge in [-0.2, -0.15) is 13.2 Å². The van der Waals surface area contributed by atoms with Crippen LogP contribution in [0.25, 0.3) is 0 Å². The Balaban J connectivity index is 2.07. The van der Waals surface area contributed by atoms with Gasteiger partial charge in [0.1, 0.15) is 11.6 Å². The minimum Gasteiger partial charge on any atom is -0.481 e. The predicted molar refractivity (Wildman–Crippen MR) is 110 cm³/mol. The number of halogens is 3. The van der Waals surface area contributed by atoms with Crippen molar-refractivity contribution in [2.24, 2.45) is 0 Å². The van der Waals surface area contributed by atoms with Crippen LogP contribution in [0.3, 0.4) is 0 Å². The highest BCUT2D eigenvalue weighted by atomic mass is 19.4. The summed E-state index contributed by atoms with van der Waals surface area (Å²) < 4.78 is 51.7. The number of nitrogens with one attached hydrogen (secondary N) is 1. The molecule has 1 fully saturated rings. The van der Waals surface area contributed by atoms with Crippen molar-refractivity contribution in [3.63, 3.8) is 0 Å². The van der Waals surface area contributed by atoms with E-state index in [1.54, 1.807) is 13.0 Å². The number of aromatic nitrogens is 2. The van der Waals surface area contributed by atoms with E-state index >= 15 is 0 Å². The molecule has 2 N–H and O–H groups in total. The molecule has 2 aromatic rings. The average molecular weight is 453 g/mol. The molecule has 1 aromatic heterocycles. The van der Waals surface area contributed by atoms with Crippen LogP contribution in [0.4, 0.5) is 19.0 Å². The maximum absolute atomic E-state index is 13.4. The zero-order chi connectivity index (χ0) is 23.5. The summed E-state index contributed by atoms with van der Waals surface area (Å²) >= 11 is 0. The van der Waals surface area contributed by atoms with Gasteiger partial charge < -0.3 is 19.9 Å². The first-order chi connectivity index (χ1) is 15.1. The summed E-state index contributed by atoms with van der Waals surface area (Å²) in [5.74, 6) is -0.449. The first kappa shape index (κ1) is 23.9. The Morgan fingerprint density at radius 2 is 1.94 bits per heavy atom. The molecule has 1 aromatic carbocycles. The van der Waals surface area contributed by atoms with Crippen LogP contribution < -0.4 is 5.32 Å². The highest BCUT2D eigenvalue weighted by Gasteiger charge is 2.34. The fraction of sp³-hybridized carbons (Fsp3) is 0.500. The molecule has 2 heterocycles. The molecule has 32 heavy (non-hydrogen) atoms. The Bertz CT molecular complexity index is 976. The zero-order valence-corrected chi connectivity index (χ0v) is 18.1. The maximum Gasteiger partial charge on any atom is 0.416 e. The van der Waals surface area contributed by atoms with Crippen LogP contribution in [-0.2, 0) is 26.9 Å². The molecular weight excluding hydrogens is 427 g/mol. The van der Waals surface area contributed by atoms with E-state index < -0.39 is 30.0 Å². The van der Waals surface area contributed by atoms with Gasteiger partial charge in [-0.3, -0.25) is 4.79 Å². The molecule has 10 heteroatoms. The van der Waals surface area contributed by atoms with Crippen molar-refractivity contribution < 1.29 is 32.5 Å². The maximum atomic E-state index is 13.4. The number of hydrogen-bond donors (Lipinski definition) is 2. The lowest BCUT2D eigenvalue weighted by Crippen LogP contribution is -2.24. The van der Waals surface area contributed by atoms with Crippen LogP contribution in [0.15, 0.2) is 18.2 Å². The number of aryl methyl sites for hydroxylation is 1. The number of carbonyl (C=O) groups is 1. The average Bonchev–Trinajstić information content (AvgIpc) is 2.71. The van der Waals surface area contributed by atoms with Crippen molar-refractivity contribution in [2.75, 3.05) is 18.5 Å². The molecule has 0 spiro atoms. The van der Waals surface area contributed by atoms with Crippen LogP contribution in [0.5, 0.6) is 0 Å². The summed E-state index contributed by atoms with van der Waals surface area (Å²) in [7, 11) is 0. The van der Waals surface area contributed by atoms with E-state index in [9.17, 15) is 23.1 Å². The Morgan fingerprint density at radius 1 is 1.25 bits per heavy atom. The number of ether oxygens (including phenoxy) is 2. The number of benzene rings is 1. The Kier molecular flexibility index (Phi) is 7.35. The van der Waals surface area contributed by atoms with Gasteiger partial charge in [0, 0.05) is 0 Å². The molecule has 0 unspecified atom stereocenters. The lowest BCUT2D eigenvalue weighted by atomic mass is 9.94. The number of carboxylic acids is 1. The summed E-state index contributed by atoms with van der Waals surface area (Å²) in [4.78, 5) is 20.1. The third-order valence-corrected chi connectivity index (χ3v) is 5.29. The minimum atomic E-state index is -4.46. The van der Waals surface area contributed by atoms with Crippen LogP contribution in [0, 0.1) is 13.8 Å². The monoisotopic (exact) mass is 453 g/mol. The standard InChI is InChI=1S/C22H26F3N3O4/c1-4-16(14-7-5-8-15(12(14)2)22(23,24)25)28-20-19(21-31-9-6-10-32-21)17(11-18(29)30)26-13(3)27-20/h5,7-8,16,21H,4,6,9-11H2,1-3H3,(H,29,30)(H,26,27,28)/t16-/m1/s1. The van der Waals surface area contributed by atoms with Gasteiger partial charge in [-0.1, -0.05) is 19.1 Å². The highest BCUT2D eigenvalue weighted by Crippen LogP contribution is 2.37. The minimum absolute atomic E-state index is 0.127. The third-order valence-electron chi connectivity index (χ3n) is 5.29. The molecule has 1 aliphatic heterocycles. The van der Waals surface area contributed by atoms with Gasteiger partial charge in [-0.15, -0.1) is 0 Å². The van der Waals surface area contributed by atoms with Crippen LogP contribution in [0.1, 0.15) is 65.9 Å². The van der Waals surface area contributed by atoms with Gasteiger partial charge in [0.05, 0.1) is 42.5 Å². The van der Waals surface area contributed by atoms with Crippen molar-refractivity contribution in [1.82, 2.24) is 9.97 Å². The van der Waals surface area contributed by atoms with Crippen LogP contribution in [-0.4, -0.2) is 34.3 Å². The molecule has 0 amide bonds. The Morgan fingerprint density at radius 3 is 2.53 bits per heavy atom. The molecule has 0 bridgehead atoms. The molecular formula is C22H26F3N3O4. The second-order valence-electron chi connectivity index (χ2n) is 7.60. The quantitative estimate of drug-likeness (QED) is 0.626. The fourth-order valence-electron chi connectivity index (χ4n) is 3.83. The number of hydrogen-bond acceptors (Lipinski definition) is 6. The summed E-state index contributed by atoms with van der Waals surface area (Å²) in [5.41, 5.74) is 0.521. The van der Waals surface area contributed by atoms with Gasteiger partial charge in [-0.25, -0.2) is 9.97 Å². The van der Waals surface area contributed by atoms with E-state index in [4.69, 9.17) is 9.47 Å². The summed E-state index contributed by atoms with van der Waals surface area (Å²) in [5, 5.41) is 12.6. The van der Waals surface area contributed by atoms with Crippen molar-refractivity contribution in [3.05, 3.63) is 52.0 Å². The fourth-order valence-corrected chi connectivity index (χ4v) is 3.83. The van der Waals surface area contributed by atoms with Gasteiger partial charge in [0.15, 0.2) is 6.29 Å². The normalized spacial score (nSPS) is 16.1. The lowest BCUT2D eigenvalue weighted by Gasteiger charge is -2.29. The van der Waals surface area contributed by atoms with Crippen LogP contribution in [0.2, 0.25) is 0 Å². The number of aliphatic carboxylic acids is 1. The molecule has 7 nitrogen and oxygen atoms in total. The first-order valence-corrected chi connectivity index (χ1v) is 10.4. The molecule has 3 rings (SSSR count). The van der Waals surface area contributed by atoms with Gasteiger partial charge >= 0.3 is 12.1 Å². The molecule has 0 radical (unpaired) electrons.